The molecular formula is C21H26N4S. The summed E-state index contributed by atoms with van der Waals surface area (Å²) in [5, 5.41) is 14.9. The summed E-state index contributed by atoms with van der Waals surface area (Å²) in [7, 11) is 2.22. The number of fused-ring (bicyclic) bond motifs is 1. The summed E-state index contributed by atoms with van der Waals surface area (Å²) in [6.07, 6.45) is 5.99. The maximum absolute atomic E-state index is 8.28. The first-order valence-corrected chi connectivity index (χ1v) is 10.2. The lowest BCUT2D eigenvalue weighted by molar-refractivity contribution is 0.342. The van der Waals surface area contributed by atoms with Gasteiger partial charge in [0.25, 0.3) is 0 Å². The van der Waals surface area contributed by atoms with Crippen LogP contribution in [0, 0.1) is 12.3 Å². The Morgan fingerprint density at radius 3 is 2.92 bits per heavy atom. The molecule has 0 amide bonds. The molecule has 0 spiro atoms. The SMILES string of the molecule is Cc1cn(C2CCCN(C)CC2)c2cc(NC(=N)c3cccs3)ccc12. The molecule has 1 aromatic carbocycles. The average Bonchev–Trinajstić information content (AvgIpc) is 3.21. The smallest absolute Gasteiger partial charge is 0.140 e. The summed E-state index contributed by atoms with van der Waals surface area (Å²) < 4.78 is 2.48. The van der Waals surface area contributed by atoms with E-state index in [2.05, 4.69) is 53.2 Å². The highest BCUT2D eigenvalue weighted by atomic mass is 32.1. The largest absolute Gasteiger partial charge is 0.344 e. The number of likely N-dealkylation sites (tertiary alicyclic amines) is 1. The molecule has 1 atom stereocenters. The normalized spacial score (nSPS) is 18.8. The first-order chi connectivity index (χ1) is 12.6. The lowest BCUT2D eigenvalue weighted by atomic mass is 10.1. The Morgan fingerprint density at radius 1 is 1.23 bits per heavy atom. The zero-order valence-electron chi connectivity index (χ0n) is 15.5. The number of hydrogen-bond acceptors (Lipinski definition) is 3. The van der Waals surface area contributed by atoms with Crippen molar-refractivity contribution >= 4 is 33.8 Å². The fourth-order valence-electron chi connectivity index (χ4n) is 3.93. The minimum Gasteiger partial charge on any atom is -0.344 e. The van der Waals surface area contributed by atoms with Gasteiger partial charge in [-0.2, -0.15) is 0 Å². The van der Waals surface area contributed by atoms with E-state index < -0.39 is 0 Å². The van der Waals surface area contributed by atoms with E-state index in [1.54, 1.807) is 11.3 Å². The van der Waals surface area contributed by atoms with E-state index in [0.717, 1.165) is 17.1 Å². The number of nitrogens with one attached hydrogen (secondary N) is 2. The second-order valence-electron chi connectivity index (χ2n) is 7.32. The quantitative estimate of drug-likeness (QED) is 0.500. The van der Waals surface area contributed by atoms with Gasteiger partial charge in [-0.25, -0.2) is 0 Å². The van der Waals surface area contributed by atoms with Crippen LogP contribution < -0.4 is 5.32 Å². The van der Waals surface area contributed by atoms with Crippen LogP contribution in [0.3, 0.4) is 0 Å². The summed E-state index contributed by atoms with van der Waals surface area (Å²) in [6, 6.07) is 11.0. The Bertz CT molecular complexity index is 910. The van der Waals surface area contributed by atoms with Crippen LogP contribution in [-0.4, -0.2) is 35.4 Å². The van der Waals surface area contributed by atoms with E-state index >= 15 is 0 Å². The molecule has 2 N–H and O–H groups in total. The number of hydrogen-bond donors (Lipinski definition) is 2. The molecule has 4 rings (SSSR count). The summed E-state index contributed by atoms with van der Waals surface area (Å²) in [4.78, 5) is 3.40. The highest BCUT2D eigenvalue weighted by Crippen LogP contribution is 2.31. The topological polar surface area (TPSA) is 44.0 Å². The van der Waals surface area contributed by atoms with Gasteiger partial charge in [-0.05, 0) is 75.5 Å². The molecule has 3 aromatic rings. The molecule has 0 bridgehead atoms. The van der Waals surface area contributed by atoms with Gasteiger partial charge in [-0.3, -0.25) is 5.41 Å². The Morgan fingerprint density at radius 2 is 2.12 bits per heavy atom. The van der Waals surface area contributed by atoms with Crippen LogP contribution in [0.4, 0.5) is 5.69 Å². The third-order valence-electron chi connectivity index (χ3n) is 5.39. The highest BCUT2D eigenvalue weighted by molar-refractivity contribution is 7.12. The number of aryl methyl sites for hydroxylation is 1. The van der Waals surface area contributed by atoms with E-state index in [1.807, 2.05) is 17.5 Å². The third-order valence-corrected chi connectivity index (χ3v) is 6.27. The molecule has 1 fully saturated rings. The molecule has 3 heterocycles. The number of aromatic nitrogens is 1. The fourth-order valence-corrected chi connectivity index (χ4v) is 4.56. The highest BCUT2D eigenvalue weighted by Gasteiger charge is 2.19. The Labute approximate surface area is 159 Å². The molecule has 1 aliphatic heterocycles. The van der Waals surface area contributed by atoms with Gasteiger partial charge < -0.3 is 14.8 Å². The van der Waals surface area contributed by atoms with Gasteiger partial charge in [0.1, 0.15) is 5.84 Å². The molecule has 5 heteroatoms. The molecule has 0 saturated carbocycles. The lowest BCUT2D eigenvalue weighted by Crippen LogP contribution is -2.19. The van der Waals surface area contributed by atoms with Crippen molar-refractivity contribution in [3.8, 4) is 0 Å². The molecule has 4 nitrogen and oxygen atoms in total. The van der Waals surface area contributed by atoms with Crippen molar-refractivity contribution in [3.63, 3.8) is 0 Å². The van der Waals surface area contributed by atoms with Gasteiger partial charge in [0.05, 0.1) is 10.4 Å². The summed E-state index contributed by atoms with van der Waals surface area (Å²) in [5.74, 6) is 0.463. The van der Waals surface area contributed by atoms with Crippen molar-refractivity contribution in [1.29, 1.82) is 5.41 Å². The van der Waals surface area contributed by atoms with Crippen molar-refractivity contribution in [2.45, 2.75) is 32.2 Å². The monoisotopic (exact) mass is 366 g/mol. The second kappa shape index (κ2) is 7.25. The van der Waals surface area contributed by atoms with Crippen LogP contribution >= 0.6 is 11.3 Å². The van der Waals surface area contributed by atoms with Crippen LogP contribution in [0.25, 0.3) is 10.9 Å². The number of amidine groups is 1. The number of nitrogens with zero attached hydrogens (tertiary/aromatic N) is 2. The van der Waals surface area contributed by atoms with Crippen LogP contribution in [0.5, 0.6) is 0 Å². The van der Waals surface area contributed by atoms with Crippen molar-refractivity contribution in [2.75, 3.05) is 25.5 Å². The van der Waals surface area contributed by atoms with Gasteiger partial charge in [0, 0.05) is 23.3 Å². The minimum absolute atomic E-state index is 0.463. The van der Waals surface area contributed by atoms with E-state index in [4.69, 9.17) is 5.41 Å². The van der Waals surface area contributed by atoms with Crippen LogP contribution in [0.1, 0.15) is 35.7 Å². The Hall–Kier alpha value is -2.11. The predicted octanol–water partition coefficient (Wildman–Crippen LogP) is 5.11. The molecular weight excluding hydrogens is 340 g/mol. The molecule has 1 unspecified atom stereocenters. The number of rotatable bonds is 3. The van der Waals surface area contributed by atoms with Gasteiger partial charge >= 0.3 is 0 Å². The van der Waals surface area contributed by atoms with Crippen molar-refractivity contribution in [3.05, 3.63) is 52.3 Å². The van der Waals surface area contributed by atoms with Crippen molar-refractivity contribution in [2.24, 2.45) is 0 Å². The summed E-state index contributed by atoms with van der Waals surface area (Å²) in [5.41, 5.74) is 3.60. The fraction of sp³-hybridized carbons (Fsp3) is 0.381. The van der Waals surface area contributed by atoms with Crippen molar-refractivity contribution < 1.29 is 0 Å². The zero-order valence-corrected chi connectivity index (χ0v) is 16.3. The maximum atomic E-state index is 8.28. The van der Waals surface area contributed by atoms with Crippen LogP contribution in [-0.2, 0) is 0 Å². The lowest BCUT2D eigenvalue weighted by Gasteiger charge is -2.19. The molecule has 0 radical (unpaired) electrons. The van der Waals surface area contributed by atoms with E-state index in [9.17, 15) is 0 Å². The van der Waals surface area contributed by atoms with Gasteiger partial charge in [-0.1, -0.05) is 12.1 Å². The summed E-state index contributed by atoms with van der Waals surface area (Å²) in [6.45, 7) is 4.55. The Balaban J connectivity index is 1.65. The predicted molar refractivity (Wildman–Crippen MR) is 112 cm³/mol. The molecule has 1 saturated heterocycles. The molecule has 2 aromatic heterocycles. The van der Waals surface area contributed by atoms with E-state index in [0.29, 0.717) is 11.9 Å². The van der Waals surface area contributed by atoms with Crippen LogP contribution in [0.2, 0.25) is 0 Å². The third kappa shape index (κ3) is 3.41. The number of thiophene rings is 1. The van der Waals surface area contributed by atoms with Gasteiger partial charge in [-0.15, -0.1) is 11.3 Å². The van der Waals surface area contributed by atoms with Gasteiger partial charge in [0.15, 0.2) is 0 Å². The molecule has 0 aliphatic carbocycles. The number of anilines is 1. The molecule has 26 heavy (non-hydrogen) atoms. The van der Waals surface area contributed by atoms with E-state index in [1.165, 1.54) is 42.3 Å². The first kappa shape index (κ1) is 17.3. The number of benzene rings is 1. The summed E-state index contributed by atoms with van der Waals surface area (Å²) >= 11 is 1.59. The van der Waals surface area contributed by atoms with Crippen molar-refractivity contribution in [1.82, 2.24) is 9.47 Å². The molecule has 136 valence electrons. The van der Waals surface area contributed by atoms with Crippen LogP contribution in [0.15, 0.2) is 41.9 Å². The maximum Gasteiger partial charge on any atom is 0.140 e. The van der Waals surface area contributed by atoms with Gasteiger partial charge in [0.2, 0.25) is 0 Å². The van der Waals surface area contributed by atoms with E-state index in [-0.39, 0.29) is 0 Å². The second-order valence-corrected chi connectivity index (χ2v) is 8.26. The standard InChI is InChI=1S/C21H26N4S/c1-15-14-25(17-5-3-10-24(2)11-9-17)19-13-16(7-8-18(15)19)23-21(22)20-6-4-12-26-20/h4,6-8,12-14,17H,3,5,9-11H2,1-2H3,(H2,22,23). The first-order valence-electron chi connectivity index (χ1n) is 9.31. The molecule has 1 aliphatic rings. The minimum atomic E-state index is 0.463. The zero-order chi connectivity index (χ0) is 18.1. The average molecular weight is 367 g/mol. The Kier molecular flexibility index (Phi) is 4.83.